The van der Waals surface area contributed by atoms with E-state index in [9.17, 15) is 15.3 Å². The van der Waals surface area contributed by atoms with Crippen molar-refractivity contribution < 1.29 is 15.3 Å². The number of benzene rings is 3. The topological polar surface area (TPSA) is 91.9 Å². The van der Waals surface area contributed by atoms with Crippen LogP contribution in [0.25, 0.3) is 0 Å². The van der Waals surface area contributed by atoms with E-state index >= 15 is 0 Å². The van der Waals surface area contributed by atoms with E-state index in [2.05, 4.69) is 10.2 Å². The fourth-order valence-electron chi connectivity index (χ4n) is 5.18. The summed E-state index contributed by atoms with van der Waals surface area (Å²) < 4.78 is 0. The number of phenolic OH excluding ortho intramolecular Hbond substituents is 1. The SMILES string of the molecule is CC1=NN(c2ccccc2)[C@H](O)[C@@H]1C(c1ccccc1O)[C@@H]1C(C)=NN(c2ccccc2)[C@H]1O. The van der Waals surface area contributed by atoms with Gasteiger partial charge in [-0.15, -0.1) is 0 Å². The Hall–Kier alpha value is -3.68. The fourth-order valence-corrected chi connectivity index (χ4v) is 5.18. The van der Waals surface area contributed by atoms with Crippen LogP contribution < -0.4 is 10.0 Å². The maximum atomic E-state index is 11.5. The summed E-state index contributed by atoms with van der Waals surface area (Å²) in [7, 11) is 0. The lowest BCUT2D eigenvalue weighted by atomic mass is 9.72. The quantitative estimate of drug-likeness (QED) is 0.537. The second-order valence-electron chi connectivity index (χ2n) is 8.81. The maximum Gasteiger partial charge on any atom is 0.156 e. The molecule has 3 N–H and O–H groups in total. The van der Waals surface area contributed by atoms with Crippen LogP contribution in [-0.4, -0.2) is 39.2 Å². The highest BCUT2D eigenvalue weighted by atomic mass is 16.3. The van der Waals surface area contributed by atoms with E-state index in [-0.39, 0.29) is 5.75 Å². The fraction of sp³-hybridized carbons (Fsp3) is 0.259. The van der Waals surface area contributed by atoms with E-state index in [1.54, 1.807) is 22.2 Å². The molecule has 0 radical (unpaired) electrons. The van der Waals surface area contributed by atoms with Gasteiger partial charge in [-0.1, -0.05) is 54.6 Å². The van der Waals surface area contributed by atoms with Gasteiger partial charge in [-0.3, -0.25) is 0 Å². The highest BCUT2D eigenvalue weighted by Crippen LogP contribution is 2.47. The minimum absolute atomic E-state index is 0.115. The molecule has 3 aromatic carbocycles. The van der Waals surface area contributed by atoms with E-state index in [0.29, 0.717) is 5.56 Å². The molecule has 5 atom stereocenters. The largest absolute Gasteiger partial charge is 0.508 e. The number of anilines is 2. The van der Waals surface area contributed by atoms with Crippen LogP contribution in [-0.2, 0) is 0 Å². The average Bonchev–Trinajstić information content (AvgIpc) is 3.32. The van der Waals surface area contributed by atoms with Crippen molar-refractivity contribution in [2.75, 3.05) is 10.0 Å². The van der Waals surface area contributed by atoms with E-state index < -0.39 is 30.2 Å². The molecule has 5 rings (SSSR count). The summed E-state index contributed by atoms with van der Waals surface area (Å²) in [6, 6.07) is 26.1. The van der Waals surface area contributed by atoms with E-state index in [1.807, 2.05) is 86.6 Å². The van der Waals surface area contributed by atoms with Crippen LogP contribution in [0.5, 0.6) is 5.75 Å². The Bertz CT molecular complexity index is 1140. The van der Waals surface area contributed by atoms with Gasteiger partial charge >= 0.3 is 0 Å². The number of hydrazone groups is 2. The molecule has 0 bridgehead atoms. The summed E-state index contributed by atoms with van der Waals surface area (Å²) in [6.07, 6.45) is -1.95. The Kier molecular flexibility index (Phi) is 5.81. The molecular weight excluding hydrogens is 428 g/mol. The van der Waals surface area contributed by atoms with Gasteiger partial charge in [0.15, 0.2) is 12.5 Å². The summed E-state index contributed by atoms with van der Waals surface area (Å²) in [5.41, 5.74) is 3.64. The Morgan fingerprint density at radius 3 is 1.50 bits per heavy atom. The number of aliphatic hydroxyl groups excluding tert-OH is 2. The van der Waals surface area contributed by atoms with Crippen LogP contribution in [0.3, 0.4) is 0 Å². The molecule has 0 saturated heterocycles. The molecule has 34 heavy (non-hydrogen) atoms. The highest BCUT2D eigenvalue weighted by molar-refractivity contribution is 5.93. The second kappa shape index (κ2) is 8.93. The predicted octanol–water partition coefficient (Wildman–Crippen LogP) is 4.14. The Labute approximate surface area is 198 Å². The van der Waals surface area contributed by atoms with Crippen LogP contribution in [0, 0.1) is 11.8 Å². The van der Waals surface area contributed by atoms with E-state index in [0.717, 1.165) is 22.8 Å². The van der Waals surface area contributed by atoms with Crippen molar-refractivity contribution in [3.63, 3.8) is 0 Å². The molecule has 174 valence electrons. The lowest BCUT2D eigenvalue weighted by Gasteiger charge is -2.36. The molecule has 3 aromatic rings. The van der Waals surface area contributed by atoms with Gasteiger partial charge in [-0.2, -0.15) is 10.2 Å². The van der Waals surface area contributed by atoms with E-state index in [4.69, 9.17) is 0 Å². The van der Waals surface area contributed by atoms with E-state index in [1.165, 1.54) is 0 Å². The van der Waals surface area contributed by atoms with Crippen molar-refractivity contribution in [3.8, 4) is 5.75 Å². The number of rotatable bonds is 5. The summed E-state index contributed by atoms with van der Waals surface area (Å²) in [6.45, 7) is 3.76. The number of nitrogens with zero attached hydrogens (tertiary/aromatic N) is 4. The summed E-state index contributed by atoms with van der Waals surface area (Å²) in [5.74, 6) is -1.31. The molecule has 0 saturated carbocycles. The zero-order valence-electron chi connectivity index (χ0n) is 19.1. The molecule has 0 fully saturated rings. The summed E-state index contributed by atoms with van der Waals surface area (Å²) in [5, 5.41) is 46.4. The monoisotopic (exact) mass is 456 g/mol. The van der Waals surface area contributed by atoms with Gasteiger partial charge < -0.3 is 15.3 Å². The molecule has 0 aromatic heterocycles. The normalized spacial score (nSPS) is 25.3. The second-order valence-corrected chi connectivity index (χ2v) is 8.81. The van der Waals surface area contributed by atoms with Gasteiger partial charge in [0.2, 0.25) is 0 Å². The van der Waals surface area contributed by atoms with Crippen molar-refractivity contribution in [3.05, 3.63) is 90.5 Å². The van der Waals surface area contributed by atoms with Gasteiger partial charge in [0, 0.05) is 17.3 Å². The first-order chi connectivity index (χ1) is 16.5. The third-order valence-electron chi connectivity index (χ3n) is 6.75. The van der Waals surface area contributed by atoms with Crippen molar-refractivity contribution >= 4 is 22.8 Å². The van der Waals surface area contributed by atoms with Crippen LogP contribution >= 0.6 is 0 Å². The minimum atomic E-state index is -0.974. The van der Waals surface area contributed by atoms with Crippen molar-refractivity contribution in [2.24, 2.45) is 22.0 Å². The standard InChI is InChI=1S/C27H28N4O3/c1-17-23(26(33)30(28-17)19-11-5-3-6-12-19)25(21-15-9-10-16-22(21)32)24-18(2)29-31(27(24)34)20-13-7-4-8-14-20/h3-16,23-27,32-34H,1-2H3/t23-,24-,25?,26-,27+/m0/s1. The number of hydrogen-bond donors (Lipinski definition) is 3. The number of aromatic hydroxyl groups is 1. The lowest BCUT2D eigenvalue weighted by molar-refractivity contribution is 0.0879. The van der Waals surface area contributed by atoms with Gasteiger partial charge in [0.05, 0.1) is 23.2 Å². The number of aliphatic hydroxyl groups is 2. The third kappa shape index (κ3) is 3.73. The molecule has 7 nitrogen and oxygen atoms in total. The number of hydrogen-bond acceptors (Lipinski definition) is 7. The van der Waals surface area contributed by atoms with Crippen LogP contribution in [0.1, 0.15) is 25.3 Å². The molecule has 0 amide bonds. The third-order valence-corrected chi connectivity index (χ3v) is 6.75. The number of para-hydroxylation sites is 3. The first-order valence-corrected chi connectivity index (χ1v) is 11.4. The van der Waals surface area contributed by atoms with Crippen LogP contribution in [0.15, 0.2) is 95.1 Å². The summed E-state index contributed by atoms with van der Waals surface area (Å²) >= 11 is 0. The van der Waals surface area contributed by atoms with Crippen molar-refractivity contribution in [2.45, 2.75) is 32.2 Å². The van der Waals surface area contributed by atoms with Gasteiger partial charge in [0.25, 0.3) is 0 Å². The maximum absolute atomic E-state index is 11.5. The predicted molar refractivity (Wildman–Crippen MR) is 134 cm³/mol. The van der Waals surface area contributed by atoms with Crippen LogP contribution in [0.2, 0.25) is 0 Å². The van der Waals surface area contributed by atoms with Gasteiger partial charge in [-0.05, 0) is 49.7 Å². The zero-order valence-corrected chi connectivity index (χ0v) is 19.1. The van der Waals surface area contributed by atoms with Crippen molar-refractivity contribution in [1.82, 2.24) is 0 Å². The molecule has 2 aliphatic rings. The molecule has 7 heteroatoms. The molecule has 2 aliphatic heterocycles. The molecule has 0 spiro atoms. The smallest absolute Gasteiger partial charge is 0.156 e. The van der Waals surface area contributed by atoms with Gasteiger partial charge in [0.1, 0.15) is 5.75 Å². The lowest BCUT2D eigenvalue weighted by Crippen LogP contribution is -2.44. The first-order valence-electron chi connectivity index (χ1n) is 11.4. The summed E-state index contributed by atoms with van der Waals surface area (Å²) in [4.78, 5) is 0. The molecule has 0 aliphatic carbocycles. The average molecular weight is 457 g/mol. The van der Waals surface area contributed by atoms with Crippen LogP contribution in [0.4, 0.5) is 11.4 Å². The minimum Gasteiger partial charge on any atom is -0.508 e. The van der Waals surface area contributed by atoms with Crippen molar-refractivity contribution in [1.29, 1.82) is 0 Å². The zero-order chi connectivity index (χ0) is 23.8. The first kappa shape index (κ1) is 22.1. The Morgan fingerprint density at radius 2 is 1.06 bits per heavy atom. The Morgan fingerprint density at radius 1 is 0.647 bits per heavy atom. The number of phenols is 1. The molecular formula is C27H28N4O3. The van der Waals surface area contributed by atoms with Gasteiger partial charge in [-0.25, -0.2) is 10.0 Å². The highest BCUT2D eigenvalue weighted by Gasteiger charge is 2.50. The molecule has 1 unspecified atom stereocenters. The molecule has 2 heterocycles. The Balaban J connectivity index is 1.57.